The van der Waals surface area contributed by atoms with Crippen molar-refractivity contribution in [1.82, 2.24) is 5.32 Å². The van der Waals surface area contributed by atoms with Crippen LogP contribution in [-0.4, -0.2) is 18.5 Å². The van der Waals surface area contributed by atoms with E-state index in [9.17, 15) is 14.0 Å². The van der Waals surface area contributed by atoms with Gasteiger partial charge in [0, 0.05) is 18.1 Å². The summed E-state index contributed by atoms with van der Waals surface area (Å²) in [6.07, 6.45) is 0.311. The number of halogens is 2. The van der Waals surface area contributed by atoms with Crippen LogP contribution < -0.4 is 10.2 Å². The van der Waals surface area contributed by atoms with Crippen LogP contribution in [-0.2, 0) is 24.3 Å². The number of anilines is 1. The van der Waals surface area contributed by atoms with Crippen molar-refractivity contribution < 1.29 is 18.7 Å². The number of ether oxygens (including phenoxy) is 1. The maximum atomic E-state index is 13.9. The molecule has 0 unspecified atom stereocenters. The van der Waals surface area contributed by atoms with Gasteiger partial charge in [0.1, 0.15) is 12.4 Å². The van der Waals surface area contributed by atoms with E-state index in [0.29, 0.717) is 13.0 Å². The van der Waals surface area contributed by atoms with E-state index in [1.165, 1.54) is 12.1 Å². The van der Waals surface area contributed by atoms with Crippen LogP contribution in [0.25, 0.3) is 0 Å². The predicted molar refractivity (Wildman–Crippen MR) is 117 cm³/mol. The average Bonchev–Trinajstić information content (AvgIpc) is 3.20. The number of carbonyl (C=O) groups excluding carboxylic acids is 2. The molecule has 1 aliphatic rings. The number of benzene rings is 3. The summed E-state index contributed by atoms with van der Waals surface area (Å²) in [7, 11) is 0. The van der Waals surface area contributed by atoms with E-state index >= 15 is 0 Å². The van der Waals surface area contributed by atoms with Crippen LogP contribution in [0.2, 0.25) is 5.02 Å². The molecule has 0 atom stereocenters. The predicted octanol–water partition coefficient (Wildman–Crippen LogP) is 5.11. The van der Waals surface area contributed by atoms with Gasteiger partial charge in [0.25, 0.3) is 5.91 Å². The highest BCUT2D eigenvalue weighted by Crippen LogP contribution is 2.29. The molecule has 0 radical (unpaired) electrons. The molecule has 0 saturated heterocycles. The Labute approximate surface area is 184 Å². The lowest BCUT2D eigenvalue weighted by atomic mass is 10.1. The highest BCUT2D eigenvalue weighted by Gasteiger charge is 2.26. The maximum absolute atomic E-state index is 13.9. The number of hydrogen-bond acceptors (Lipinski definition) is 3. The standard InChI is InChI=1S/C24H20ClFN2O3/c25-19-7-8-20(21(26)13-19)23(29)27-14-17-6-9-22-18(12-17)10-11-28(22)24(30)31-15-16-4-2-1-3-5-16/h1-9,12-13H,10-11,14-15H2,(H,27,29). The summed E-state index contributed by atoms with van der Waals surface area (Å²) in [6, 6.07) is 19.1. The number of fused-ring (bicyclic) bond motifs is 1. The first-order valence-electron chi connectivity index (χ1n) is 9.84. The lowest BCUT2D eigenvalue weighted by molar-refractivity contribution is 0.0947. The van der Waals surface area contributed by atoms with E-state index in [0.717, 1.165) is 28.4 Å². The van der Waals surface area contributed by atoms with Crippen molar-refractivity contribution in [3.63, 3.8) is 0 Å². The van der Waals surface area contributed by atoms with Gasteiger partial charge >= 0.3 is 6.09 Å². The Morgan fingerprint density at radius 1 is 1.03 bits per heavy atom. The van der Waals surface area contributed by atoms with Crippen LogP contribution in [0.3, 0.4) is 0 Å². The van der Waals surface area contributed by atoms with Gasteiger partial charge in [-0.25, -0.2) is 9.18 Å². The summed E-state index contributed by atoms with van der Waals surface area (Å²) in [6.45, 7) is 0.998. The summed E-state index contributed by atoms with van der Waals surface area (Å²) in [5.41, 5.74) is 3.54. The van der Waals surface area contributed by atoms with Crippen molar-refractivity contribution in [2.24, 2.45) is 0 Å². The SMILES string of the molecule is O=C(NCc1ccc2c(c1)CCN2C(=O)OCc1ccccc1)c1ccc(Cl)cc1F. The summed E-state index contributed by atoms with van der Waals surface area (Å²) in [5.74, 6) is -1.18. The van der Waals surface area contributed by atoms with Crippen LogP contribution in [0.15, 0.2) is 66.7 Å². The quantitative estimate of drug-likeness (QED) is 0.602. The van der Waals surface area contributed by atoms with Gasteiger partial charge in [-0.05, 0) is 47.4 Å². The van der Waals surface area contributed by atoms with Gasteiger partial charge in [-0.15, -0.1) is 0 Å². The highest BCUT2D eigenvalue weighted by atomic mass is 35.5. The molecule has 0 spiro atoms. The summed E-state index contributed by atoms with van der Waals surface area (Å²) in [5, 5.41) is 2.95. The minimum Gasteiger partial charge on any atom is -0.444 e. The van der Waals surface area contributed by atoms with E-state index in [-0.39, 0.29) is 29.8 Å². The van der Waals surface area contributed by atoms with E-state index in [2.05, 4.69) is 5.32 Å². The molecule has 5 nitrogen and oxygen atoms in total. The Kier molecular flexibility index (Phi) is 6.18. The van der Waals surface area contributed by atoms with Crippen molar-refractivity contribution in [2.75, 3.05) is 11.4 Å². The number of nitrogens with one attached hydrogen (secondary N) is 1. The van der Waals surface area contributed by atoms with Gasteiger partial charge in [-0.2, -0.15) is 0 Å². The van der Waals surface area contributed by atoms with Gasteiger partial charge in [0.15, 0.2) is 0 Å². The molecule has 1 N–H and O–H groups in total. The minimum atomic E-state index is -0.663. The van der Waals surface area contributed by atoms with E-state index in [1.807, 2.05) is 48.5 Å². The Bertz CT molecular complexity index is 1120. The summed E-state index contributed by atoms with van der Waals surface area (Å²) < 4.78 is 19.3. The molecule has 0 bridgehead atoms. The van der Waals surface area contributed by atoms with Crippen LogP contribution in [0.1, 0.15) is 27.0 Å². The van der Waals surface area contributed by atoms with Crippen molar-refractivity contribution in [2.45, 2.75) is 19.6 Å². The normalized spacial score (nSPS) is 12.4. The molecule has 3 aromatic rings. The van der Waals surface area contributed by atoms with Gasteiger partial charge in [-0.1, -0.05) is 54.1 Å². The molecular formula is C24H20ClFN2O3. The largest absolute Gasteiger partial charge is 0.444 e. The molecule has 2 amide bonds. The molecule has 0 aliphatic carbocycles. The maximum Gasteiger partial charge on any atom is 0.414 e. The average molecular weight is 439 g/mol. The molecule has 1 heterocycles. The van der Waals surface area contributed by atoms with Crippen LogP contribution >= 0.6 is 11.6 Å². The van der Waals surface area contributed by atoms with Crippen molar-refractivity contribution >= 4 is 29.3 Å². The Balaban J connectivity index is 1.37. The minimum absolute atomic E-state index is 0.0575. The second-order valence-corrected chi connectivity index (χ2v) is 7.65. The van der Waals surface area contributed by atoms with E-state index in [1.54, 1.807) is 4.90 Å². The van der Waals surface area contributed by atoms with Crippen LogP contribution in [0.5, 0.6) is 0 Å². The Morgan fingerprint density at radius 2 is 1.84 bits per heavy atom. The van der Waals surface area contributed by atoms with Crippen LogP contribution in [0, 0.1) is 5.82 Å². The molecule has 1 aliphatic heterocycles. The third-order valence-electron chi connectivity index (χ3n) is 5.09. The highest BCUT2D eigenvalue weighted by molar-refractivity contribution is 6.30. The fourth-order valence-electron chi connectivity index (χ4n) is 3.50. The third-order valence-corrected chi connectivity index (χ3v) is 5.33. The molecular weight excluding hydrogens is 419 g/mol. The van der Waals surface area contributed by atoms with Gasteiger partial charge in [0.2, 0.25) is 0 Å². The number of rotatable bonds is 5. The first-order valence-corrected chi connectivity index (χ1v) is 10.2. The zero-order valence-electron chi connectivity index (χ0n) is 16.6. The molecule has 31 heavy (non-hydrogen) atoms. The first kappa shape index (κ1) is 20.9. The second-order valence-electron chi connectivity index (χ2n) is 7.21. The summed E-state index contributed by atoms with van der Waals surface area (Å²) >= 11 is 5.73. The zero-order chi connectivity index (χ0) is 21.8. The lowest BCUT2D eigenvalue weighted by Crippen LogP contribution is -2.29. The van der Waals surface area contributed by atoms with Crippen LogP contribution in [0.4, 0.5) is 14.9 Å². The molecule has 0 fully saturated rings. The van der Waals surface area contributed by atoms with Gasteiger partial charge in [0.05, 0.1) is 11.3 Å². The van der Waals surface area contributed by atoms with Crippen molar-refractivity contribution in [1.29, 1.82) is 0 Å². The number of hydrogen-bond donors (Lipinski definition) is 1. The lowest BCUT2D eigenvalue weighted by Gasteiger charge is -2.17. The monoisotopic (exact) mass is 438 g/mol. The van der Waals surface area contributed by atoms with Crippen molar-refractivity contribution in [3.8, 4) is 0 Å². The fraction of sp³-hybridized carbons (Fsp3) is 0.167. The van der Waals surface area contributed by atoms with E-state index in [4.69, 9.17) is 16.3 Å². The van der Waals surface area contributed by atoms with E-state index < -0.39 is 11.7 Å². The Morgan fingerprint density at radius 3 is 2.61 bits per heavy atom. The molecule has 0 saturated carbocycles. The molecule has 4 rings (SSSR count). The number of nitrogens with zero attached hydrogens (tertiary/aromatic N) is 1. The van der Waals surface area contributed by atoms with Gasteiger partial charge in [-0.3, -0.25) is 9.69 Å². The Hall–Kier alpha value is -3.38. The number of amides is 2. The second kappa shape index (κ2) is 9.18. The van der Waals surface area contributed by atoms with Crippen molar-refractivity contribution in [3.05, 3.63) is 99.8 Å². The molecule has 3 aromatic carbocycles. The topological polar surface area (TPSA) is 58.6 Å². The first-order chi connectivity index (χ1) is 15.0. The smallest absolute Gasteiger partial charge is 0.414 e. The molecule has 0 aromatic heterocycles. The molecule has 158 valence electrons. The zero-order valence-corrected chi connectivity index (χ0v) is 17.4. The summed E-state index contributed by atoms with van der Waals surface area (Å²) in [4.78, 5) is 26.4. The molecule has 7 heteroatoms. The van der Waals surface area contributed by atoms with Gasteiger partial charge < -0.3 is 10.1 Å². The fourth-order valence-corrected chi connectivity index (χ4v) is 3.66. The third kappa shape index (κ3) is 4.86. The number of carbonyl (C=O) groups is 2.